The van der Waals surface area contributed by atoms with E-state index in [9.17, 15) is 19.8 Å². The molecule has 0 aliphatic carbocycles. The summed E-state index contributed by atoms with van der Waals surface area (Å²) in [5.41, 5.74) is 3.97. The number of anilines is 1. The molecule has 49 heavy (non-hydrogen) atoms. The van der Waals surface area contributed by atoms with Crippen LogP contribution in [0.25, 0.3) is 0 Å². The molecule has 1 fully saturated rings. The van der Waals surface area contributed by atoms with Crippen molar-refractivity contribution in [2.75, 3.05) is 44.4 Å². The van der Waals surface area contributed by atoms with Gasteiger partial charge < -0.3 is 29.7 Å². The number of unbranched alkanes of at least 4 members (excludes halogenated alkanes) is 3. The third-order valence-electron chi connectivity index (χ3n) is 8.64. The first-order valence-corrected chi connectivity index (χ1v) is 17.1. The summed E-state index contributed by atoms with van der Waals surface area (Å²) in [4.78, 5) is 27.2. The fourth-order valence-electron chi connectivity index (χ4n) is 6.04. The lowest BCUT2D eigenvalue weighted by Gasteiger charge is -2.34. The molecule has 0 spiro atoms. The number of carbonyl (C=O) groups is 2. The Bertz CT molecular complexity index is 1600. The molecule has 260 valence electrons. The van der Waals surface area contributed by atoms with E-state index in [2.05, 4.69) is 22.1 Å². The highest BCUT2D eigenvalue weighted by Crippen LogP contribution is 2.34. The van der Waals surface area contributed by atoms with Gasteiger partial charge in [0.2, 0.25) is 5.79 Å². The number of benzene rings is 3. The van der Waals surface area contributed by atoms with E-state index in [0.29, 0.717) is 38.5 Å². The molecule has 3 amide bonds. The highest BCUT2D eigenvalue weighted by atomic mass is 16.7. The van der Waals surface area contributed by atoms with E-state index in [1.807, 2.05) is 68.4 Å². The number of nitrogens with zero attached hydrogens (tertiary/aromatic N) is 2. The van der Waals surface area contributed by atoms with E-state index < -0.39 is 17.9 Å². The maximum Gasteiger partial charge on any atom is 0.329 e. The quantitative estimate of drug-likeness (QED) is 0.104. The number of rotatable bonds is 16. The highest BCUT2D eigenvalue weighted by molar-refractivity contribution is 6.19. The molecule has 2 aliphatic heterocycles. The van der Waals surface area contributed by atoms with Crippen molar-refractivity contribution in [1.29, 1.82) is 0 Å². The van der Waals surface area contributed by atoms with E-state index in [1.165, 1.54) is 0 Å². The summed E-state index contributed by atoms with van der Waals surface area (Å²) in [5, 5.41) is 24.3. The Morgan fingerprint density at radius 3 is 2.57 bits per heavy atom. The Labute approximate surface area is 289 Å². The largest absolute Gasteiger partial charge is 0.463 e. The molecule has 10 heteroatoms. The van der Waals surface area contributed by atoms with Crippen LogP contribution in [0, 0.1) is 11.8 Å². The van der Waals surface area contributed by atoms with Gasteiger partial charge in [-0.25, -0.2) is 9.69 Å². The monoisotopic (exact) mass is 669 g/mol. The first-order valence-electron chi connectivity index (χ1n) is 17.1. The molecule has 2 heterocycles. The van der Waals surface area contributed by atoms with Gasteiger partial charge in [0.15, 0.2) is 0 Å². The third kappa shape index (κ3) is 10.1. The van der Waals surface area contributed by atoms with Crippen molar-refractivity contribution in [2.45, 2.75) is 70.5 Å². The summed E-state index contributed by atoms with van der Waals surface area (Å²) in [7, 11) is 0. The lowest BCUT2D eigenvalue weighted by molar-refractivity contribution is -0.180. The average Bonchev–Trinajstić information content (AvgIpc) is 3.44. The zero-order valence-electron chi connectivity index (χ0n) is 28.4. The minimum absolute atomic E-state index is 0.00953. The third-order valence-corrected chi connectivity index (χ3v) is 8.64. The topological polar surface area (TPSA) is 121 Å². The minimum atomic E-state index is -0.741. The molecule has 3 aromatic rings. The number of hydrogen-bond donors (Lipinski definition) is 3. The molecular formula is C39H47N3O7. The molecule has 0 radical (unpaired) electrons. The Morgan fingerprint density at radius 2 is 1.80 bits per heavy atom. The number of ether oxygens (including phenoxy) is 3. The second kappa shape index (κ2) is 17.4. The van der Waals surface area contributed by atoms with E-state index >= 15 is 0 Å². The number of imide groups is 1. The molecule has 0 saturated carbocycles. The highest BCUT2D eigenvalue weighted by Gasteiger charge is 2.30. The van der Waals surface area contributed by atoms with Crippen molar-refractivity contribution in [2.24, 2.45) is 0 Å². The average molecular weight is 670 g/mol. The molecular weight excluding hydrogens is 622 g/mol. The fraction of sp³-hybridized carbons (Fsp3) is 0.436. The van der Waals surface area contributed by atoms with Crippen molar-refractivity contribution >= 4 is 17.6 Å². The Morgan fingerprint density at radius 1 is 0.980 bits per heavy atom. The predicted octanol–water partition coefficient (Wildman–Crippen LogP) is 5.48. The first-order chi connectivity index (χ1) is 23.7. The summed E-state index contributed by atoms with van der Waals surface area (Å²) in [6, 6.07) is 22.1. The maximum absolute atomic E-state index is 12.0. The lowest BCUT2D eigenvalue weighted by atomic mass is 10.0. The van der Waals surface area contributed by atoms with Crippen molar-refractivity contribution < 1.29 is 34.0 Å². The van der Waals surface area contributed by atoms with Crippen LogP contribution in [-0.4, -0.2) is 72.3 Å². The van der Waals surface area contributed by atoms with Crippen LogP contribution in [0.15, 0.2) is 72.8 Å². The molecule has 5 rings (SSSR count). The normalized spacial score (nSPS) is 16.4. The lowest BCUT2D eigenvalue weighted by Crippen LogP contribution is -2.36. The molecule has 3 N–H and O–H groups in total. The molecule has 0 aromatic heterocycles. The summed E-state index contributed by atoms with van der Waals surface area (Å²) in [6.07, 6.45) is 3.70. The van der Waals surface area contributed by atoms with Crippen molar-refractivity contribution in [1.82, 2.24) is 10.2 Å². The zero-order chi connectivity index (χ0) is 34.6. The van der Waals surface area contributed by atoms with Crippen LogP contribution >= 0.6 is 0 Å². The van der Waals surface area contributed by atoms with Gasteiger partial charge in [-0.2, -0.15) is 0 Å². The Kier molecular flexibility index (Phi) is 12.8. The smallest absolute Gasteiger partial charge is 0.329 e. The van der Waals surface area contributed by atoms with Crippen LogP contribution in [-0.2, 0) is 20.9 Å². The van der Waals surface area contributed by atoms with Gasteiger partial charge in [0.1, 0.15) is 5.75 Å². The number of aliphatic hydroxyl groups is 2. The van der Waals surface area contributed by atoms with Gasteiger partial charge in [0, 0.05) is 44.5 Å². The molecule has 2 aliphatic rings. The van der Waals surface area contributed by atoms with Crippen molar-refractivity contribution in [3.05, 3.63) is 95.1 Å². The predicted molar refractivity (Wildman–Crippen MR) is 187 cm³/mol. The van der Waals surface area contributed by atoms with Gasteiger partial charge in [-0.1, -0.05) is 67.1 Å². The number of hydrogen-bond acceptors (Lipinski definition) is 8. The first kappa shape index (κ1) is 36.1. The molecule has 3 aromatic carbocycles. The van der Waals surface area contributed by atoms with Gasteiger partial charge in [-0.05, 0) is 60.8 Å². The van der Waals surface area contributed by atoms with Crippen molar-refractivity contribution in [3.63, 3.8) is 0 Å². The van der Waals surface area contributed by atoms with Crippen LogP contribution in [0.3, 0.4) is 0 Å². The summed E-state index contributed by atoms with van der Waals surface area (Å²) >= 11 is 0. The standard InChI is InChI=1S/C39H47N3O7/c1-39(2)48-28-32-24-31(18-19-36(32)49-39)35(44)26-41(34(27-43)30-15-6-5-7-16-30)20-9-3-4-10-21-47-22-11-8-13-29-14-12-17-33(23-29)42-37(45)25-40-38(42)46/h5-7,12,14-19,23-24,34-35,43-44H,3-4,9-11,20-22,25-28H2,1-2H3,(H,40,46)/t34-,35-/m1/s1. The summed E-state index contributed by atoms with van der Waals surface area (Å²) in [5.74, 6) is 6.00. The number of fused-ring (bicyclic) bond motifs is 1. The van der Waals surface area contributed by atoms with Crippen LogP contribution in [0.5, 0.6) is 5.75 Å². The number of amides is 3. The van der Waals surface area contributed by atoms with Crippen molar-refractivity contribution in [3.8, 4) is 17.6 Å². The fourth-order valence-corrected chi connectivity index (χ4v) is 6.04. The summed E-state index contributed by atoms with van der Waals surface area (Å²) < 4.78 is 17.5. The van der Waals surface area contributed by atoms with Crippen LogP contribution in [0.2, 0.25) is 0 Å². The van der Waals surface area contributed by atoms with E-state index in [4.69, 9.17) is 14.2 Å². The van der Waals surface area contributed by atoms with E-state index in [-0.39, 0.29) is 25.1 Å². The number of carbonyl (C=O) groups excluding carboxylic acids is 2. The number of nitrogens with one attached hydrogen (secondary N) is 1. The molecule has 0 unspecified atom stereocenters. The van der Waals surface area contributed by atoms with Gasteiger partial charge >= 0.3 is 6.03 Å². The number of aliphatic hydroxyl groups excluding tert-OH is 2. The maximum atomic E-state index is 12.0. The Hall–Kier alpha value is -4.24. The molecule has 1 saturated heterocycles. The van der Waals surface area contributed by atoms with Crippen LogP contribution in [0.1, 0.15) is 80.4 Å². The molecule has 2 atom stereocenters. The second-order valence-corrected chi connectivity index (χ2v) is 12.8. The Balaban J connectivity index is 1.05. The van der Waals surface area contributed by atoms with Gasteiger partial charge in [0.25, 0.3) is 5.91 Å². The van der Waals surface area contributed by atoms with E-state index in [0.717, 1.165) is 65.1 Å². The minimum Gasteiger partial charge on any atom is -0.463 e. The molecule has 0 bridgehead atoms. The zero-order valence-corrected chi connectivity index (χ0v) is 28.4. The van der Waals surface area contributed by atoms with Crippen LogP contribution < -0.4 is 15.0 Å². The van der Waals surface area contributed by atoms with Crippen LogP contribution in [0.4, 0.5) is 10.5 Å². The molecule has 10 nitrogen and oxygen atoms in total. The SMILES string of the molecule is CC1(C)OCc2cc([C@H](O)CN(CCCCCCOCCC#Cc3cccc(N4C(=O)CNC4=O)c3)[C@H](CO)c3ccccc3)ccc2O1. The van der Waals surface area contributed by atoms with Gasteiger partial charge in [-0.15, -0.1) is 0 Å². The summed E-state index contributed by atoms with van der Waals surface area (Å²) in [6.45, 7) is 6.44. The van der Waals surface area contributed by atoms with Gasteiger partial charge in [-0.3, -0.25) is 9.69 Å². The van der Waals surface area contributed by atoms with E-state index in [1.54, 1.807) is 18.2 Å². The van der Waals surface area contributed by atoms with Gasteiger partial charge in [0.05, 0.1) is 44.2 Å². The second-order valence-electron chi connectivity index (χ2n) is 12.8. The number of urea groups is 1.